The summed E-state index contributed by atoms with van der Waals surface area (Å²) in [5.74, 6) is 0.279. The Hall–Kier alpha value is -0.130. The second-order valence-electron chi connectivity index (χ2n) is 4.39. The SMILES string of the molecule is CCCS(=O)(=O)N1CCCN(C)CC1C. The van der Waals surface area contributed by atoms with Crippen LogP contribution in [-0.2, 0) is 10.0 Å². The van der Waals surface area contributed by atoms with Crippen LogP contribution in [0.25, 0.3) is 0 Å². The van der Waals surface area contributed by atoms with E-state index in [4.69, 9.17) is 0 Å². The molecule has 1 fully saturated rings. The zero-order valence-corrected chi connectivity index (χ0v) is 10.8. The van der Waals surface area contributed by atoms with E-state index >= 15 is 0 Å². The third-order valence-electron chi connectivity index (χ3n) is 2.81. The minimum atomic E-state index is -3.02. The molecule has 1 aliphatic heterocycles. The van der Waals surface area contributed by atoms with Gasteiger partial charge in [-0.15, -0.1) is 0 Å². The highest BCUT2D eigenvalue weighted by Crippen LogP contribution is 2.14. The van der Waals surface area contributed by atoms with Crippen LogP contribution in [0, 0.1) is 0 Å². The number of hydrogen-bond donors (Lipinski definition) is 0. The van der Waals surface area contributed by atoms with Crippen LogP contribution in [0.3, 0.4) is 0 Å². The summed E-state index contributed by atoms with van der Waals surface area (Å²) in [6.45, 7) is 6.40. The predicted octanol–water partition coefficient (Wildman–Crippen LogP) is 0.752. The van der Waals surface area contributed by atoms with Crippen molar-refractivity contribution in [2.45, 2.75) is 32.7 Å². The van der Waals surface area contributed by atoms with Gasteiger partial charge in [0.2, 0.25) is 10.0 Å². The van der Waals surface area contributed by atoms with Gasteiger partial charge in [-0.1, -0.05) is 6.92 Å². The highest BCUT2D eigenvalue weighted by Gasteiger charge is 2.28. The van der Waals surface area contributed by atoms with Gasteiger partial charge in [-0.3, -0.25) is 0 Å². The first kappa shape index (κ1) is 12.9. The lowest BCUT2D eigenvalue weighted by atomic mass is 10.3. The Kier molecular flexibility index (Phi) is 4.55. The summed E-state index contributed by atoms with van der Waals surface area (Å²) in [6.07, 6.45) is 1.63. The topological polar surface area (TPSA) is 40.6 Å². The van der Waals surface area contributed by atoms with E-state index in [1.165, 1.54) is 0 Å². The van der Waals surface area contributed by atoms with Crippen LogP contribution in [0.4, 0.5) is 0 Å². The average molecular weight is 234 g/mol. The summed E-state index contributed by atoms with van der Waals surface area (Å²) in [5, 5.41) is 0. The van der Waals surface area contributed by atoms with E-state index in [1.807, 2.05) is 20.9 Å². The molecule has 4 nitrogen and oxygen atoms in total. The van der Waals surface area contributed by atoms with Crippen LogP contribution in [-0.4, -0.2) is 56.1 Å². The molecule has 0 aromatic rings. The molecule has 0 amide bonds. The van der Waals surface area contributed by atoms with Crippen molar-refractivity contribution in [1.29, 1.82) is 0 Å². The molecule has 0 bridgehead atoms. The van der Waals surface area contributed by atoms with Crippen LogP contribution >= 0.6 is 0 Å². The molecule has 0 aliphatic carbocycles. The molecule has 0 N–H and O–H groups in total. The zero-order chi connectivity index (χ0) is 11.5. The Morgan fingerprint density at radius 1 is 1.33 bits per heavy atom. The molecular formula is C10H22N2O2S. The van der Waals surface area contributed by atoms with Crippen LogP contribution < -0.4 is 0 Å². The van der Waals surface area contributed by atoms with Gasteiger partial charge in [0.05, 0.1) is 5.75 Å². The van der Waals surface area contributed by atoms with Gasteiger partial charge in [0.1, 0.15) is 0 Å². The van der Waals surface area contributed by atoms with Crippen LogP contribution in [0.1, 0.15) is 26.7 Å². The zero-order valence-electron chi connectivity index (χ0n) is 9.94. The molecule has 1 heterocycles. The van der Waals surface area contributed by atoms with Crippen LogP contribution in [0.15, 0.2) is 0 Å². The van der Waals surface area contributed by atoms with Crippen LogP contribution in [0.5, 0.6) is 0 Å². The monoisotopic (exact) mass is 234 g/mol. The van der Waals surface area contributed by atoms with Gasteiger partial charge >= 0.3 is 0 Å². The molecule has 15 heavy (non-hydrogen) atoms. The standard InChI is InChI=1S/C10H22N2O2S/c1-4-8-15(13,14)12-7-5-6-11(3)9-10(12)2/h10H,4-9H2,1-3H3. The third-order valence-corrected chi connectivity index (χ3v) is 4.99. The predicted molar refractivity (Wildman–Crippen MR) is 62.4 cm³/mol. The van der Waals surface area contributed by atoms with Gasteiger partial charge in [-0.25, -0.2) is 8.42 Å². The molecule has 1 unspecified atom stereocenters. The van der Waals surface area contributed by atoms with Crippen molar-refractivity contribution in [1.82, 2.24) is 9.21 Å². The number of hydrogen-bond acceptors (Lipinski definition) is 3. The van der Waals surface area contributed by atoms with Gasteiger partial charge < -0.3 is 4.90 Å². The Labute approximate surface area is 93.3 Å². The Bertz CT molecular complexity index is 290. The quantitative estimate of drug-likeness (QED) is 0.723. The normalized spacial score (nSPS) is 26.5. The van der Waals surface area contributed by atoms with E-state index in [-0.39, 0.29) is 11.8 Å². The fraction of sp³-hybridized carbons (Fsp3) is 1.00. The summed E-state index contributed by atoms with van der Waals surface area (Å²) in [5.41, 5.74) is 0. The van der Waals surface area contributed by atoms with E-state index in [1.54, 1.807) is 4.31 Å². The Morgan fingerprint density at radius 2 is 2.00 bits per heavy atom. The molecule has 1 rings (SSSR count). The van der Waals surface area contributed by atoms with Crippen molar-refractivity contribution in [3.05, 3.63) is 0 Å². The van der Waals surface area contributed by atoms with Crippen molar-refractivity contribution >= 4 is 10.0 Å². The highest BCUT2D eigenvalue weighted by atomic mass is 32.2. The smallest absolute Gasteiger partial charge is 0.214 e. The minimum absolute atomic E-state index is 0.106. The second kappa shape index (κ2) is 5.27. The lowest BCUT2D eigenvalue weighted by Gasteiger charge is -2.26. The van der Waals surface area contributed by atoms with E-state index in [2.05, 4.69) is 4.90 Å². The first-order valence-electron chi connectivity index (χ1n) is 5.65. The summed E-state index contributed by atoms with van der Waals surface area (Å²) in [7, 11) is -0.975. The fourth-order valence-electron chi connectivity index (χ4n) is 2.14. The number of likely N-dealkylation sites (N-methyl/N-ethyl adjacent to an activating group) is 1. The van der Waals surface area contributed by atoms with Crippen molar-refractivity contribution in [3.8, 4) is 0 Å². The molecular weight excluding hydrogens is 212 g/mol. The Balaban J connectivity index is 2.75. The summed E-state index contributed by atoms with van der Waals surface area (Å²) < 4.78 is 25.6. The highest BCUT2D eigenvalue weighted by molar-refractivity contribution is 7.89. The maximum Gasteiger partial charge on any atom is 0.214 e. The van der Waals surface area contributed by atoms with E-state index < -0.39 is 10.0 Å². The number of sulfonamides is 1. The molecule has 0 saturated carbocycles. The van der Waals surface area contributed by atoms with Crippen LogP contribution in [0.2, 0.25) is 0 Å². The molecule has 0 radical (unpaired) electrons. The van der Waals surface area contributed by atoms with E-state index in [0.717, 1.165) is 19.5 Å². The molecule has 0 spiro atoms. The molecule has 0 aromatic heterocycles. The van der Waals surface area contributed by atoms with Crippen molar-refractivity contribution < 1.29 is 8.42 Å². The van der Waals surface area contributed by atoms with Gasteiger partial charge in [-0.2, -0.15) is 4.31 Å². The van der Waals surface area contributed by atoms with Gasteiger partial charge in [0.25, 0.3) is 0 Å². The minimum Gasteiger partial charge on any atom is -0.305 e. The summed E-state index contributed by atoms with van der Waals surface area (Å²) in [6, 6.07) is 0.106. The van der Waals surface area contributed by atoms with Gasteiger partial charge in [-0.05, 0) is 33.4 Å². The van der Waals surface area contributed by atoms with Crippen molar-refractivity contribution in [2.75, 3.05) is 32.4 Å². The largest absolute Gasteiger partial charge is 0.305 e. The molecule has 5 heteroatoms. The lowest BCUT2D eigenvalue weighted by Crippen LogP contribution is -2.42. The lowest BCUT2D eigenvalue weighted by molar-refractivity contribution is 0.290. The maximum atomic E-state index is 12.0. The Morgan fingerprint density at radius 3 is 2.60 bits per heavy atom. The molecule has 90 valence electrons. The van der Waals surface area contributed by atoms with Gasteiger partial charge in [0.15, 0.2) is 0 Å². The molecule has 1 atom stereocenters. The molecule has 1 aliphatic rings. The maximum absolute atomic E-state index is 12.0. The first-order valence-corrected chi connectivity index (χ1v) is 7.26. The van der Waals surface area contributed by atoms with Gasteiger partial charge in [0, 0.05) is 19.1 Å². The second-order valence-corrected chi connectivity index (χ2v) is 6.43. The summed E-state index contributed by atoms with van der Waals surface area (Å²) >= 11 is 0. The molecule has 1 saturated heterocycles. The van der Waals surface area contributed by atoms with Crippen molar-refractivity contribution in [3.63, 3.8) is 0 Å². The summed E-state index contributed by atoms with van der Waals surface area (Å²) in [4.78, 5) is 2.20. The third kappa shape index (κ3) is 3.43. The first-order chi connectivity index (χ1) is 6.97. The molecule has 0 aromatic carbocycles. The average Bonchev–Trinajstić information content (AvgIpc) is 2.26. The van der Waals surface area contributed by atoms with E-state index in [9.17, 15) is 8.42 Å². The van der Waals surface area contributed by atoms with Crippen molar-refractivity contribution in [2.24, 2.45) is 0 Å². The number of nitrogens with zero attached hydrogens (tertiary/aromatic N) is 2. The number of rotatable bonds is 3. The van der Waals surface area contributed by atoms with E-state index in [0.29, 0.717) is 13.0 Å². The fourth-order valence-corrected chi connectivity index (χ4v) is 3.91.